The second-order valence-corrected chi connectivity index (χ2v) is 13.0. The minimum absolute atomic E-state index is 0.0800. The number of nitrogens with one attached hydrogen (secondary N) is 1. The third kappa shape index (κ3) is 5.33. The Morgan fingerprint density at radius 2 is 2.03 bits per heavy atom. The monoisotopic (exact) mass is 573 g/mol. The summed E-state index contributed by atoms with van der Waals surface area (Å²) in [6, 6.07) is 4.57. The van der Waals surface area contributed by atoms with Crippen LogP contribution in [0.3, 0.4) is 0 Å². The van der Waals surface area contributed by atoms with Crippen molar-refractivity contribution in [1.82, 2.24) is 25.2 Å². The van der Waals surface area contributed by atoms with Gasteiger partial charge in [-0.25, -0.2) is 4.68 Å². The summed E-state index contributed by atoms with van der Waals surface area (Å²) in [4.78, 5) is 29.1. The van der Waals surface area contributed by atoms with Gasteiger partial charge in [0.15, 0.2) is 0 Å². The van der Waals surface area contributed by atoms with Gasteiger partial charge in [0.05, 0.1) is 23.9 Å². The lowest BCUT2D eigenvalue weighted by Gasteiger charge is -2.40. The third-order valence-electron chi connectivity index (χ3n) is 7.97. The quantitative estimate of drug-likeness (QED) is 0.488. The molecule has 1 saturated carbocycles. The molecule has 3 aliphatic rings. The number of likely N-dealkylation sites (tertiary alicyclic amines) is 1. The fourth-order valence-corrected chi connectivity index (χ4v) is 6.19. The largest absolute Gasteiger partial charge is 0.394 e. The van der Waals surface area contributed by atoms with Crippen LogP contribution in [0.4, 0.5) is 0 Å². The second kappa shape index (κ2) is 9.78. The van der Waals surface area contributed by atoms with Crippen LogP contribution in [0.5, 0.6) is 0 Å². The molecule has 2 amide bonds. The highest BCUT2D eigenvalue weighted by atomic mass is 79.9. The molecule has 0 bridgehead atoms. The SMILES string of the molecule is CC(C)(C)[C@@H](C(=O)N1C[C@H](O)C[C@H]1C(=O)NC1(CO)CCc2cc(Br)ccc2C1)n1cc(C2CC2)nn1. The molecule has 1 aromatic heterocycles. The molecule has 2 aliphatic carbocycles. The van der Waals surface area contributed by atoms with Gasteiger partial charge in [0.25, 0.3) is 0 Å². The normalized spacial score (nSPS) is 26.6. The minimum Gasteiger partial charge on any atom is -0.394 e. The van der Waals surface area contributed by atoms with Gasteiger partial charge >= 0.3 is 0 Å². The maximum atomic E-state index is 14.0. The summed E-state index contributed by atoms with van der Waals surface area (Å²) < 4.78 is 2.63. The molecule has 5 rings (SSSR count). The summed E-state index contributed by atoms with van der Waals surface area (Å²) in [5.74, 6) is -0.189. The van der Waals surface area contributed by atoms with Crippen LogP contribution in [-0.2, 0) is 22.4 Å². The predicted octanol–water partition coefficient (Wildman–Crippen LogP) is 2.50. The number of aromatic nitrogens is 3. The molecule has 2 heterocycles. The molecule has 1 saturated heterocycles. The third-order valence-corrected chi connectivity index (χ3v) is 8.46. The van der Waals surface area contributed by atoms with E-state index in [0.29, 0.717) is 18.8 Å². The molecule has 1 aliphatic heterocycles. The summed E-state index contributed by atoms with van der Waals surface area (Å²) in [6.07, 6.45) is 5.21. The van der Waals surface area contributed by atoms with Crippen LogP contribution in [0.25, 0.3) is 0 Å². The number of rotatable bonds is 6. The zero-order chi connectivity index (χ0) is 26.5. The van der Waals surface area contributed by atoms with Crippen LogP contribution in [0, 0.1) is 5.41 Å². The first kappa shape index (κ1) is 26.3. The Morgan fingerprint density at radius 1 is 1.27 bits per heavy atom. The Labute approximate surface area is 225 Å². The van der Waals surface area contributed by atoms with E-state index in [1.54, 1.807) is 4.68 Å². The Hall–Kier alpha value is -2.30. The van der Waals surface area contributed by atoms with E-state index in [1.807, 2.05) is 39.1 Å². The molecule has 1 aromatic carbocycles. The predicted molar refractivity (Wildman–Crippen MR) is 141 cm³/mol. The molecule has 4 atom stereocenters. The first-order valence-electron chi connectivity index (χ1n) is 13.1. The average Bonchev–Trinajstić information content (AvgIpc) is 3.45. The van der Waals surface area contributed by atoms with Crippen LogP contribution in [-0.4, -0.2) is 72.8 Å². The molecule has 10 heteroatoms. The zero-order valence-electron chi connectivity index (χ0n) is 21.7. The van der Waals surface area contributed by atoms with Crippen molar-refractivity contribution < 1.29 is 19.8 Å². The van der Waals surface area contributed by atoms with E-state index < -0.39 is 29.1 Å². The second-order valence-electron chi connectivity index (χ2n) is 12.1. The fourth-order valence-electron chi connectivity index (χ4n) is 5.78. The number of nitrogens with zero attached hydrogens (tertiary/aromatic N) is 4. The molecule has 3 N–H and O–H groups in total. The number of halogens is 1. The first-order valence-corrected chi connectivity index (χ1v) is 13.9. The van der Waals surface area contributed by atoms with Gasteiger partial charge in [-0.2, -0.15) is 0 Å². The van der Waals surface area contributed by atoms with Crippen molar-refractivity contribution in [2.45, 2.75) is 88.9 Å². The van der Waals surface area contributed by atoms with Gasteiger partial charge in [-0.3, -0.25) is 9.59 Å². The standard InChI is InChI=1S/C27H36BrN5O4/c1-26(2,3)23(33-14-21(30-31-33)16-4-5-16)25(37)32-13-20(35)11-22(32)24(36)29-27(15-34)9-8-17-10-19(28)7-6-18(17)12-27/h6-7,10,14,16,20,22-23,34-35H,4-5,8-9,11-13,15H2,1-3H3,(H,29,36)/t20-,22+,23-,27?/m1/s1. The topological polar surface area (TPSA) is 121 Å². The van der Waals surface area contributed by atoms with E-state index in [2.05, 4.69) is 37.6 Å². The Kier molecular flexibility index (Phi) is 6.96. The molecule has 37 heavy (non-hydrogen) atoms. The summed E-state index contributed by atoms with van der Waals surface area (Å²) in [5, 5.41) is 32.6. The molecule has 0 spiro atoms. The smallest absolute Gasteiger partial charge is 0.248 e. The molecule has 2 aromatic rings. The van der Waals surface area contributed by atoms with Crippen molar-refractivity contribution in [2.24, 2.45) is 5.41 Å². The van der Waals surface area contributed by atoms with Crippen molar-refractivity contribution in [3.05, 3.63) is 45.7 Å². The summed E-state index contributed by atoms with van der Waals surface area (Å²) in [5.41, 5.74) is 1.89. The Bertz CT molecular complexity index is 1190. The van der Waals surface area contributed by atoms with E-state index in [0.717, 1.165) is 35.0 Å². The number of aliphatic hydroxyl groups is 2. The van der Waals surface area contributed by atoms with Crippen molar-refractivity contribution in [2.75, 3.05) is 13.2 Å². The average molecular weight is 575 g/mol. The van der Waals surface area contributed by atoms with Gasteiger partial charge in [0.2, 0.25) is 11.8 Å². The lowest BCUT2D eigenvalue weighted by molar-refractivity contribution is -0.145. The van der Waals surface area contributed by atoms with Crippen molar-refractivity contribution in [3.63, 3.8) is 0 Å². The highest BCUT2D eigenvalue weighted by molar-refractivity contribution is 9.10. The highest BCUT2D eigenvalue weighted by Crippen LogP contribution is 2.40. The molecular formula is C27H36BrN5O4. The minimum atomic E-state index is -0.825. The number of aliphatic hydroxyl groups excluding tert-OH is 2. The first-order chi connectivity index (χ1) is 17.5. The molecule has 200 valence electrons. The van der Waals surface area contributed by atoms with Crippen LogP contribution in [0.2, 0.25) is 0 Å². The fraction of sp³-hybridized carbons (Fsp3) is 0.630. The van der Waals surface area contributed by atoms with Crippen LogP contribution < -0.4 is 5.32 Å². The van der Waals surface area contributed by atoms with Gasteiger partial charge in [0, 0.05) is 29.6 Å². The Morgan fingerprint density at radius 3 is 2.70 bits per heavy atom. The molecule has 9 nitrogen and oxygen atoms in total. The van der Waals surface area contributed by atoms with E-state index in [-0.39, 0.29) is 31.4 Å². The van der Waals surface area contributed by atoms with Crippen LogP contribution in [0.1, 0.15) is 75.2 Å². The van der Waals surface area contributed by atoms with Gasteiger partial charge in [-0.15, -0.1) is 5.10 Å². The van der Waals surface area contributed by atoms with Gasteiger partial charge < -0.3 is 20.4 Å². The molecular weight excluding hydrogens is 538 g/mol. The number of aryl methyl sites for hydroxylation is 1. The summed E-state index contributed by atoms with van der Waals surface area (Å²) in [7, 11) is 0. The van der Waals surface area contributed by atoms with Gasteiger partial charge in [-0.1, -0.05) is 48.0 Å². The number of benzene rings is 1. The lowest BCUT2D eigenvalue weighted by Crippen LogP contribution is -2.59. The molecule has 2 fully saturated rings. The van der Waals surface area contributed by atoms with E-state index in [1.165, 1.54) is 10.5 Å². The van der Waals surface area contributed by atoms with Crippen molar-refractivity contribution in [3.8, 4) is 0 Å². The van der Waals surface area contributed by atoms with E-state index >= 15 is 0 Å². The molecule has 0 radical (unpaired) electrons. The van der Waals surface area contributed by atoms with Crippen molar-refractivity contribution in [1.29, 1.82) is 0 Å². The number of hydrogen-bond donors (Lipinski definition) is 3. The molecule has 1 unspecified atom stereocenters. The maximum absolute atomic E-state index is 14.0. The number of amides is 2. The summed E-state index contributed by atoms with van der Waals surface area (Å²) >= 11 is 3.51. The van der Waals surface area contributed by atoms with Crippen LogP contribution in [0.15, 0.2) is 28.9 Å². The Balaban J connectivity index is 1.37. The van der Waals surface area contributed by atoms with Crippen LogP contribution >= 0.6 is 15.9 Å². The number of β-amino-alcohol motifs (C(OH)–C–C–N with tert-alkyl or cyclic N) is 1. The van der Waals surface area contributed by atoms with E-state index in [9.17, 15) is 19.8 Å². The maximum Gasteiger partial charge on any atom is 0.248 e. The number of hydrogen-bond acceptors (Lipinski definition) is 6. The van der Waals surface area contributed by atoms with Crippen molar-refractivity contribution >= 4 is 27.7 Å². The lowest BCUT2D eigenvalue weighted by atomic mass is 9.78. The number of fused-ring (bicyclic) bond motifs is 1. The summed E-state index contributed by atoms with van der Waals surface area (Å²) in [6.45, 7) is 5.78. The van der Waals surface area contributed by atoms with Gasteiger partial charge in [-0.05, 0) is 60.8 Å². The van der Waals surface area contributed by atoms with Gasteiger partial charge in [0.1, 0.15) is 12.1 Å². The number of carbonyl (C=O) groups excluding carboxylic acids is 2. The number of carbonyl (C=O) groups is 2. The highest BCUT2D eigenvalue weighted by Gasteiger charge is 2.47. The zero-order valence-corrected chi connectivity index (χ0v) is 23.2. The van der Waals surface area contributed by atoms with E-state index in [4.69, 9.17) is 0 Å².